The number of benzene rings is 2. The Kier molecular flexibility index (Phi) is 4.96. The van der Waals surface area contributed by atoms with Gasteiger partial charge >= 0.3 is 0 Å². The van der Waals surface area contributed by atoms with Crippen molar-refractivity contribution in [2.24, 2.45) is 5.73 Å². The highest BCUT2D eigenvalue weighted by Crippen LogP contribution is 2.45. The summed E-state index contributed by atoms with van der Waals surface area (Å²) >= 11 is 0. The molecule has 2 heterocycles. The Labute approximate surface area is 169 Å². The van der Waals surface area contributed by atoms with Gasteiger partial charge in [-0.15, -0.1) is 5.10 Å². The van der Waals surface area contributed by atoms with Crippen LogP contribution in [-0.4, -0.2) is 16.8 Å². The van der Waals surface area contributed by atoms with Gasteiger partial charge in [-0.05, 0) is 43.2 Å². The summed E-state index contributed by atoms with van der Waals surface area (Å²) in [6.45, 7) is 4.78. The molecule has 0 amide bonds. The smallest absolute Gasteiger partial charge is 0.244 e. The quantitative estimate of drug-likeness (QED) is 0.678. The van der Waals surface area contributed by atoms with E-state index in [1.54, 1.807) is 0 Å². The lowest BCUT2D eigenvalue weighted by Gasteiger charge is -2.24. The van der Waals surface area contributed by atoms with E-state index in [1.165, 1.54) is 0 Å². The summed E-state index contributed by atoms with van der Waals surface area (Å²) in [5, 5.41) is 17.2. The molecule has 3 N–H and O–H groups in total. The largest absolute Gasteiger partial charge is 0.494 e. The monoisotopic (exact) mass is 386 g/mol. The Balaban J connectivity index is 1.80. The summed E-state index contributed by atoms with van der Waals surface area (Å²) in [5.74, 6) is 0.951. The first-order valence-corrected chi connectivity index (χ1v) is 9.58. The van der Waals surface area contributed by atoms with Gasteiger partial charge in [-0.2, -0.15) is 5.26 Å². The van der Waals surface area contributed by atoms with Gasteiger partial charge in [0.15, 0.2) is 0 Å². The molecule has 146 valence electrons. The molecule has 0 bridgehead atoms. The average Bonchev–Trinajstić information content (AvgIpc) is 3.15. The van der Waals surface area contributed by atoms with E-state index in [9.17, 15) is 5.26 Å². The molecule has 1 aliphatic rings. The molecule has 29 heavy (non-hydrogen) atoms. The van der Waals surface area contributed by atoms with Crippen molar-refractivity contribution in [3.05, 3.63) is 76.7 Å². The van der Waals surface area contributed by atoms with Crippen LogP contribution in [0.4, 0.5) is 0 Å². The van der Waals surface area contributed by atoms with Gasteiger partial charge in [-0.3, -0.25) is 5.10 Å². The molecule has 0 spiro atoms. The molecule has 6 heteroatoms. The summed E-state index contributed by atoms with van der Waals surface area (Å²) < 4.78 is 11.3. The number of nitrogens with zero attached hydrogens (tertiary/aromatic N) is 2. The maximum Gasteiger partial charge on any atom is 0.244 e. The number of ether oxygens (including phenoxy) is 2. The predicted molar refractivity (Wildman–Crippen MR) is 110 cm³/mol. The molecule has 0 aliphatic carbocycles. The van der Waals surface area contributed by atoms with Crippen molar-refractivity contribution in [1.82, 2.24) is 10.2 Å². The molecule has 1 atom stereocenters. The number of allylic oxidation sites excluding steroid dienone is 1. The van der Waals surface area contributed by atoms with Crippen LogP contribution in [0.2, 0.25) is 0 Å². The highest BCUT2D eigenvalue weighted by molar-refractivity contribution is 5.71. The van der Waals surface area contributed by atoms with Gasteiger partial charge < -0.3 is 15.2 Å². The standard InChI is InChI=1S/C23H22N4O2/c1-3-12-28-17-10-8-16(9-11-17)21-20-19(15-6-4-14(2)5-7-15)18(13-24)22(25)29-23(20)27-26-21/h4-11,19H,3,12,25H2,1-2H3,(H,26,27)/t19-/m1/s1. The van der Waals surface area contributed by atoms with Gasteiger partial charge in [0.2, 0.25) is 11.8 Å². The van der Waals surface area contributed by atoms with Crippen LogP contribution < -0.4 is 15.2 Å². The molecule has 2 aromatic carbocycles. The summed E-state index contributed by atoms with van der Waals surface area (Å²) in [6, 6.07) is 18.1. The first-order chi connectivity index (χ1) is 14.1. The average molecular weight is 386 g/mol. The Hall–Kier alpha value is -3.72. The van der Waals surface area contributed by atoms with Crippen LogP contribution in [0.15, 0.2) is 60.0 Å². The second-order valence-corrected chi connectivity index (χ2v) is 7.03. The van der Waals surface area contributed by atoms with Crippen molar-refractivity contribution in [3.8, 4) is 29.0 Å². The zero-order valence-corrected chi connectivity index (χ0v) is 16.4. The van der Waals surface area contributed by atoms with E-state index in [0.717, 1.165) is 40.1 Å². The third-order valence-corrected chi connectivity index (χ3v) is 4.97. The van der Waals surface area contributed by atoms with E-state index < -0.39 is 0 Å². The SMILES string of the molecule is CCCOc1ccc(-c2[nH]nc3c2[C@H](c2ccc(C)cc2)C(C#N)=C(N)O3)cc1. The lowest BCUT2D eigenvalue weighted by Crippen LogP contribution is -2.21. The first-order valence-electron chi connectivity index (χ1n) is 9.58. The molecule has 0 unspecified atom stereocenters. The number of aromatic nitrogens is 2. The van der Waals surface area contributed by atoms with Crippen LogP contribution in [0.1, 0.15) is 36.0 Å². The molecule has 3 aromatic rings. The van der Waals surface area contributed by atoms with Crippen LogP contribution in [0.25, 0.3) is 11.3 Å². The topological polar surface area (TPSA) is 97.0 Å². The Morgan fingerprint density at radius 2 is 1.90 bits per heavy atom. The number of fused-ring (bicyclic) bond motifs is 1. The summed E-state index contributed by atoms with van der Waals surface area (Å²) in [4.78, 5) is 0. The number of hydrogen-bond acceptors (Lipinski definition) is 5. The van der Waals surface area contributed by atoms with E-state index in [2.05, 4.69) is 23.2 Å². The molecule has 0 saturated heterocycles. The van der Waals surface area contributed by atoms with Crippen molar-refractivity contribution in [3.63, 3.8) is 0 Å². The molecular weight excluding hydrogens is 364 g/mol. The van der Waals surface area contributed by atoms with Gasteiger partial charge in [-0.25, -0.2) is 0 Å². The number of H-pyrrole nitrogens is 1. The van der Waals surface area contributed by atoms with Crippen LogP contribution in [0, 0.1) is 18.3 Å². The Bertz CT molecular complexity index is 1090. The molecule has 6 nitrogen and oxygen atoms in total. The molecule has 0 fully saturated rings. The lowest BCUT2D eigenvalue weighted by atomic mass is 9.83. The second kappa shape index (κ2) is 7.72. The van der Waals surface area contributed by atoms with Crippen LogP contribution >= 0.6 is 0 Å². The van der Waals surface area contributed by atoms with Crippen molar-refractivity contribution in [2.75, 3.05) is 6.61 Å². The number of nitriles is 1. The third kappa shape index (κ3) is 3.43. The van der Waals surface area contributed by atoms with E-state index in [1.807, 2.05) is 55.5 Å². The van der Waals surface area contributed by atoms with E-state index in [4.69, 9.17) is 15.2 Å². The van der Waals surface area contributed by atoms with E-state index in [0.29, 0.717) is 18.1 Å². The van der Waals surface area contributed by atoms with Gasteiger partial charge in [0, 0.05) is 5.56 Å². The van der Waals surface area contributed by atoms with Gasteiger partial charge in [0.1, 0.15) is 17.4 Å². The second-order valence-electron chi connectivity index (χ2n) is 7.03. The summed E-state index contributed by atoms with van der Waals surface area (Å²) in [7, 11) is 0. The van der Waals surface area contributed by atoms with E-state index in [-0.39, 0.29) is 11.8 Å². The fourth-order valence-corrected chi connectivity index (χ4v) is 3.50. The first kappa shape index (κ1) is 18.6. The highest BCUT2D eigenvalue weighted by Gasteiger charge is 2.35. The number of aryl methyl sites for hydroxylation is 1. The number of nitrogens with two attached hydrogens (primary N) is 1. The molecule has 1 aliphatic heterocycles. The minimum absolute atomic E-state index is 0.0898. The van der Waals surface area contributed by atoms with Gasteiger partial charge in [0.05, 0.1) is 23.8 Å². The maximum atomic E-state index is 9.78. The normalized spacial score (nSPS) is 15.4. The van der Waals surface area contributed by atoms with Crippen molar-refractivity contribution >= 4 is 0 Å². The number of aromatic amines is 1. The molecule has 0 saturated carbocycles. The minimum Gasteiger partial charge on any atom is -0.494 e. The zero-order chi connectivity index (χ0) is 20.4. The van der Waals surface area contributed by atoms with Crippen LogP contribution in [0.5, 0.6) is 11.6 Å². The highest BCUT2D eigenvalue weighted by atomic mass is 16.5. The van der Waals surface area contributed by atoms with Crippen molar-refractivity contribution < 1.29 is 9.47 Å². The van der Waals surface area contributed by atoms with E-state index >= 15 is 0 Å². The fourth-order valence-electron chi connectivity index (χ4n) is 3.50. The van der Waals surface area contributed by atoms with Crippen LogP contribution in [0.3, 0.4) is 0 Å². The number of nitrogens with one attached hydrogen (secondary N) is 1. The molecular formula is C23H22N4O2. The predicted octanol–water partition coefficient (Wildman–Crippen LogP) is 4.39. The van der Waals surface area contributed by atoms with Gasteiger partial charge in [-0.1, -0.05) is 36.8 Å². The Morgan fingerprint density at radius 3 is 2.55 bits per heavy atom. The fraction of sp³-hybridized carbons (Fsp3) is 0.217. The number of hydrogen-bond donors (Lipinski definition) is 2. The zero-order valence-electron chi connectivity index (χ0n) is 16.4. The minimum atomic E-state index is -0.353. The van der Waals surface area contributed by atoms with Crippen LogP contribution in [-0.2, 0) is 0 Å². The lowest BCUT2D eigenvalue weighted by molar-refractivity contribution is 0.317. The maximum absolute atomic E-state index is 9.78. The Morgan fingerprint density at radius 1 is 1.17 bits per heavy atom. The number of rotatable bonds is 5. The molecule has 0 radical (unpaired) electrons. The van der Waals surface area contributed by atoms with Crippen molar-refractivity contribution in [2.45, 2.75) is 26.2 Å². The summed E-state index contributed by atoms with van der Waals surface area (Å²) in [6.07, 6.45) is 0.954. The summed E-state index contributed by atoms with van der Waals surface area (Å²) in [5.41, 5.74) is 11.1. The molecule has 4 rings (SSSR count). The third-order valence-electron chi connectivity index (χ3n) is 4.97. The van der Waals surface area contributed by atoms with Gasteiger partial charge in [0.25, 0.3) is 0 Å². The van der Waals surface area contributed by atoms with Crippen molar-refractivity contribution in [1.29, 1.82) is 5.26 Å². The molecule has 1 aromatic heterocycles.